The Hall–Kier alpha value is -2.07. The third kappa shape index (κ3) is 3.71. The fourth-order valence-corrected chi connectivity index (χ4v) is 2.07. The molecule has 2 aromatic rings. The first-order valence-electron chi connectivity index (χ1n) is 6.73. The molecule has 1 aromatic carbocycles. The molecule has 0 fully saturated rings. The van der Waals surface area contributed by atoms with E-state index in [4.69, 9.17) is 4.74 Å². The summed E-state index contributed by atoms with van der Waals surface area (Å²) in [5.74, 6) is 1.82. The molecule has 0 aliphatic heterocycles. The number of hydrogen-bond donors (Lipinski definition) is 2. The highest BCUT2D eigenvalue weighted by molar-refractivity contribution is 5.34. The van der Waals surface area contributed by atoms with Gasteiger partial charge < -0.3 is 9.84 Å². The summed E-state index contributed by atoms with van der Waals surface area (Å²) >= 11 is 0. The predicted octanol–water partition coefficient (Wildman–Crippen LogP) is 1.78. The van der Waals surface area contributed by atoms with Crippen LogP contribution in [0.15, 0.2) is 49.3 Å². The van der Waals surface area contributed by atoms with Crippen molar-refractivity contribution >= 4 is 0 Å². The van der Waals surface area contributed by atoms with E-state index in [1.54, 1.807) is 0 Å². The van der Waals surface area contributed by atoms with Gasteiger partial charge in [0.2, 0.25) is 0 Å². The average molecular weight is 273 g/mol. The second-order valence-electron chi connectivity index (χ2n) is 4.76. The molecule has 4 nitrogen and oxygen atoms in total. The van der Waals surface area contributed by atoms with Crippen LogP contribution in [-0.4, -0.2) is 22.8 Å². The molecule has 106 valence electrons. The molecule has 20 heavy (non-hydrogen) atoms. The Morgan fingerprint density at radius 1 is 1.45 bits per heavy atom. The number of aliphatic hydroxyl groups is 1. The zero-order chi connectivity index (χ0) is 14.4. The van der Waals surface area contributed by atoms with Crippen LogP contribution in [0.5, 0.6) is 5.75 Å². The van der Waals surface area contributed by atoms with Crippen LogP contribution in [0.25, 0.3) is 0 Å². The Morgan fingerprint density at radius 3 is 2.95 bits per heavy atom. The minimum absolute atomic E-state index is 0.270. The van der Waals surface area contributed by atoms with Crippen LogP contribution in [0.1, 0.15) is 11.4 Å². The number of nitrogens with one attached hydrogen (secondary N) is 1. The first kappa shape index (κ1) is 14.3. The molecule has 2 rings (SSSR count). The molecule has 2 N–H and O–H groups in total. The van der Waals surface area contributed by atoms with Crippen molar-refractivity contribution in [3.05, 3.63) is 60.7 Å². The highest BCUT2D eigenvalue weighted by atomic mass is 16.5. The van der Waals surface area contributed by atoms with Crippen LogP contribution in [0.4, 0.5) is 0 Å². The molecule has 0 bridgehead atoms. The average Bonchev–Trinajstić information content (AvgIpc) is 2.84. The maximum absolute atomic E-state index is 10.0. The van der Waals surface area contributed by atoms with Gasteiger partial charge in [-0.2, -0.15) is 0 Å². The largest absolute Gasteiger partial charge is 0.490 e. The number of allylic oxidation sites excluding steroid dienone is 1. The molecule has 1 atom stereocenters. The van der Waals surface area contributed by atoms with E-state index in [0.717, 1.165) is 23.6 Å². The number of nitrogens with zero attached hydrogens (tertiary/aromatic N) is 1. The Kier molecular flexibility index (Phi) is 4.96. The molecule has 0 saturated heterocycles. The van der Waals surface area contributed by atoms with Gasteiger partial charge in [0.15, 0.2) is 0 Å². The molecule has 1 aromatic heterocycles. The van der Waals surface area contributed by atoms with Crippen molar-refractivity contribution in [3.63, 3.8) is 0 Å². The zero-order valence-corrected chi connectivity index (χ0v) is 11.7. The van der Waals surface area contributed by atoms with E-state index in [-0.39, 0.29) is 6.61 Å². The van der Waals surface area contributed by atoms with Gasteiger partial charge in [-0.3, -0.25) is 0 Å². The summed E-state index contributed by atoms with van der Waals surface area (Å²) in [6, 6.07) is 7.83. The second-order valence-corrected chi connectivity index (χ2v) is 4.76. The van der Waals surface area contributed by atoms with Crippen molar-refractivity contribution in [1.29, 1.82) is 0 Å². The van der Waals surface area contributed by atoms with Gasteiger partial charge in [0.05, 0.1) is 0 Å². The normalized spacial score (nSPS) is 12.1. The van der Waals surface area contributed by atoms with Crippen LogP contribution >= 0.6 is 0 Å². The molecule has 0 aliphatic carbocycles. The lowest BCUT2D eigenvalue weighted by Gasteiger charge is -2.13. The summed E-state index contributed by atoms with van der Waals surface area (Å²) < 4.78 is 7.68. The van der Waals surface area contributed by atoms with Crippen LogP contribution in [0.3, 0.4) is 0 Å². The number of aromatic amines is 1. The monoisotopic (exact) mass is 273 g/mol. The number of aromatic nitrogens is 2. The van der Waals surface area contributed by atoms with E-state index in [1.165, 1.54) is 0 Å². The van der Waals surface area contributed by atoms with Crippen LogP contribution in [0, 0.1) is 6.92 Å². The minimum Gasteiger partial charge on any atom is -0.490 e. The number of para-hydroxylation sites is 1. The summed E-state index contributed by atoms with van der Waals surface area (Å²) in [6.07, 6.45) is 5.81. The van der Waals surface area contributed by atoms with Gasteiger partial charge in [-0.15, -0.1) is 6.58 Å². The van der Waals surface area contributed by atoms with E-state index < -0.39 is 6.10 Å². The quantitative estimate of drug-likeness (QED) is 0.597. The topological polar surface area (TPSA) is 49.1 Å². The third-order valence-electron chi connectivity index (χ3n) is 3.15. The Bertz CT molecular complexity index is 563. The van der Waals surface area contributed by atoms with Crippen molar-refractivity contribution < 1.29 is 14.4 Å². The highest BCUT2D eigenvalue weighted by Crippen LogP contribution is 2.18. The van der Waals surface area contributed by atoms with Crippen molar-refractivity contribution in [2.45, 2.75) is 26.0 Å². The lowest BCUT2D eigenvalue weighted by molar-refractivity contribution is -0.708. The summed E-state index contributed by atoms with van der Waals surface area (Å²) in [5, 5.41) is 10.0. The zero-order valence-electron chi connectivity index (χ0n) is 11.7. The van der Waals surface area contributed by atoms with Crippen molar-refractivity contribution in [3.8, 4) is 5.75 Å². The number of aryl methyl sites for hydroxylation is 1. The predicted molar refractivity (Wildman–Crippen MR) is 77.6 cm³/mol. The molecular formula is C16H21N2O2+. The maximum Gasteiger partial charge on any atom is 0.251 e. The SMILES string of the molecule is C=CCc1ccccc1OCC(O)C[n+]1cc[nH]c1C. The highest BCUT2D eigenvalue weighted by Gasteiger charge is 2.13. The van der Waals surface area contributed by atoms with Crippen molar-refractivity contribution in [1.82, 2.24) is 4.98 Å². The van der Waals surface area contributed by atoms with Gasteiger partial charge in [0.25, 0.3) is 5.82 Å². The number of H-pyrrole nitrogens is 1. The molecular weight excluding hydrogens is 252 g/mol. The molecule has 4 heteroatoms. The van der Waals surface area contributed by atoms with E-state index >= 15 is 0 Å². The van der Waals surface area contributed by atoms with Gasteiger partial charge in [0, 0.05) is 6.92 Å². The lowest BCUT2D eigenvalue weighted by Crippen LogP contribution is -2.42. The smallest absolute Gasteiger partial charge is 0.251 e. The Morgan fingerprint density at radius 2 is 2.25 bits per heavy atom. The summed E-state index contributed by atoms with van der Waals surface area (Å²) in [7, 11) is 0. The maximum atomic E-state index is 10.0. The molecule has 0 spiro atoms. The lowest BCUT2D eigenvalue weighted by atomic mass is 10.1. The fourth-order valence-electron chi connectivity index (χ4n) is 2.07. The summed E-state index contributed by atoms with van der Waals surface area (Å²) in [5.41, 5.74) is 1.08. The Balaban J connectivity index is 1.91. The van der Waals surface area contributed by atoms with Crippen molar-refractivity contribution in [2.24, 2.45) is 0 Å². The van der Waals surface area contributed by atoms with E-state index in [9.17, 15) is 5.11 Å². The van der Waals surface area contributed by atoms with Crippen LogP contribution in [-0.2, 0) is 13.0 Å². The first-order chi connectivity index (χ1) is 9.70. The number of benzene rings is 1. The van der Waals surface area contributed by atoms with Gasteiger partial charge in [-0.05, 0) is 18.1 Å². The van der Waals surface area contributed by atoms with Crippen molar-refractivity contribution in [2.75, 3.05) is 6.61 Å². The number of aliphatic hydroxyl groups excluding tert-OH is 1. The number of imidazole rings is 1. The molecule has 0 radical (unpaired) electrons. The molecule has 0 amide bonds. The van der Waals surface area contributed by atoms with Crippen LogP contribution in [0.2, 0.25) is 0 Å². The third-order valence-corrected chi connectivity index (χ3v) is 3.15. The number of ether oxygens (including phenoxy) is 1. The van der Waals surface area contributed by atoms with Gasteiger partial charge in [-0.25, -0.2) is 9.55 Å². The summed E-state index contributed by atoms with van der Waals surface area (Å²) in [4.78, 5) is 3.07. The first-order valence-corrected chi connectivity index (χ1v) is 6.73. The number of rotatable bonds is 7. The van der Waals surface area contributed by atoms with Gasteiger partial charge >= 0.3 is 0 Å². The molecule has 1 heterocycles. The standard InChI is InChI=1S/C16H20N2O2/c1-3-6-14-7-4-5-8-16(14)20-12-15(19)11-18-10-9-17-13(18)2/h3-5,7-10,15,19H,1,6,11-12H2,2H3/p+1. The molecule has 0 saturated carbocycles. The van der Waals surface area contributed by atoms with Gasteiger partial charge in [-0.1, -0.05) is 24.3 Å². The minimum atomic E-state index is -0.550. The second kappa shape index (κ2) is 6.91. The van der Waals surface area contributed by atoms with E-state index in [2.05, 4.69) is 11.6 Å². The fraction of sp³-hybridized carbons (Fsp3) is 0.312. The Labute approximate surface area is 119 Å². The molecule has 0 aliphatic rings. The summed E-state index contributed by atoms with van der Waals surface area (Å²) in [6.45, 7) is 6.49. The van der Waals surface area contributed by atoms with Gasteiger partial charge in [0.1, 0.15) is 37.4 Å². The van der Waals surface area contributed by atoms with E-state index in [1.807, 2.05) is 54.2 Å². The number of hydrogen-bond acceptors (Lipinski definition) is 2. The van der Waals surface area contributed by atoms with Crippen LogP contribution < -0.4 is 9.30 Å². The van der Waals surface area contributed by atoms with E-state index in [0.29, 0.717) is 6.54 Å². The molecule has 1 unspecified atom stereocenters.